The van der Waals surface area contributed by atoms with Gasteiger partial charge in [-0.05, 0) is 70.6 Å². The molecule has 2 nitrogen and oxygen atoms in total. The van der Waals surface area contributed by atoms with Gasteiger partial charge in [0.05, 0.1) is 0 Å². The Morgan fingerprint density at radius 2 is 1.71 bits per heavy atom. The first kappa shape index (κ1) is 13.4. The van der Waals surface area contributed by atoms with Crippen LogP contribution in [0.25, 0.3) is 0 Å². The number of rotatable bonds is 3. The van der Waals surface area contributed by atoms with Crippen LogP contribution < -0.4 is 0 Å². The van der Waals surface area contributed by atoms with Crippen LogP contribution in [0, 0.1) is 11.8 Å². The van der Waals surface area contributed by atoms with Crippen molar-refractivity contribution in [3.63, 3.8) is 0 Å². The summed E-state index contributed by atoms with van der Waals surface area (Å²) in [5.41, 5.74) is 0. The van der Waals surface area contributed by atoms with E-state index in [0.29, 0.717) is 0 Å². The summed E-state index contributed by atoms with van der Waals surface area (Å²) < 4.78 is 0. The van der Waals surface area contributed by atoms with Gasteiger partial charge >= 0.3 is 0 Å². The molecule has 0 aromatic heterocycles. The van der Waals surface area contributed by atoms with Gasteiger partial charge in [-0.15, -0.1) is 0 Å². The van der Waals surface area contributed by atoms with Crippen LogP contribution in [0.4, 0.5) is 0 Å². The summed E-state index contributed by atoms with van der Waals surface area (Å²) in [5.74, 6) is 1.91. The van der Waals surface area contributed by atoms with Crippen LogP contribution in [0.5, 0.6) is 0 Å². The third-order valence-corrected chi connectivity index (χ3v) is 4.92. The number of nitrogens with zero attached hydrogens (tertiary/aromatic N) is 2. The standard InChI is InChI=1S/C15H30N2/c1-4-16-8-6-15(7-9-16)12-17-10-5-13(2)11-14(17)3/h13-15H,4-12H2,1-3H3. The number of hydrogen-bond donors (Lipinski definition) is 0. The molecule has 2 atom stereocenters. The van der Waals surface area contributed by atoms with Crippen molar-refractivity contribution in [1.29, 1.82) is 0 Å². The predicted molar refractivity (Wildman–Crippen MR) is 74.3 cm³/mol. The summed E-state index contributed by atoms with van der Waals surface area (Å²) in [5, 5.41) is 0. The van der Waals surface area contributed by atoms with Gasteiger partial charge in [0, 0.05) is 12.6 Å². The Hall–Kier alpha value is -0.0800. The van der Waals surface area contributed by atoms with Gasteiger partial charge < -0.3 is 9.80 Å². The Morgan fingerprint density at radius 3 is 2.29 bits per heavy atom. The molecule has 2 aliphatic heterocycles. The quantitative estimate of drug-likeness (QED) is 0.746. The molecule has 0 amide bonds. The first-order valence-corrected chi connectivity index (χ1v) is 7.65. The van der Waals surface area contributed by atoms with E-state index in [4.69, 9.17) is 0 Å². The van der Waals surface area contributed by atoms with Crippen LogP contribution in [0.1, 0.15) is 46.5 Å². The Bertz CT molecular complexity index is 221. The van der Waals surface area contributed by atoms with Crippen molar-refractivity contribution in [3.8, 4) is 0 Å². The zero-order valence-corrected chi connectivity index (χ0v) is 12.0. The van der Waals surface area contributed by atoms with E-state index in [1.54, 1.807) is 0 Å². The smallest absolute Gasteiger partial charge is 0.00695 e. The summed E-state index contributed by atoms with van der Waals surface area (Å²) in [4.78, 5) is 5.35. The lowest BCUT2D eigenvalue weighted by Crippen LogP contribution is -2.45. The highest BCUT2D eigenvalue weighted by atomic mass is 15.2. The second-order valence-electron chi connectivity index (χ2n) is 6.35. The fourth-order valence-corrected chi connectivity index (χ4v) is 3.54. The first-order chi connectivity index (χ1) is 8.19. The van der Waals surface area contributed by atoms with Crippen LogP contribution in [0.15, 0.2) is 0 Å². The summed E-state index contributed by atoms with van der Waals surface area (Å²) >= 11 is 0. The van der Waals surface area contributed by atoms with E-state index < -0.39 is 0 Å². The topological polar surface area (TPSA) is 6.48 Å². The maximum absolute atomic E-state index is 2.76. The van der Waals surface area contributed by atoms with Gasteiger partial charge in [-0.25, -0.2) is 0 Å². The van der Waals surface area contributed by atoms with E-state index in [2.05, 4.69) is 30.6 Å². The normalized spacial score (nSPS) is 34.1. The maximum Gasteiger partial charge on any atom is 0.00695 e. The highest BCUT2D eigenvalue weighted by molar-refractivity contribution is 4.81. The maximum atomic E-state index is 2.76. The monoisotopic (exact) mass is 238 g/mol. The summed E-state index contributed by atoms with van der Waals surface area (Å²) in [6.45, 7) is 13.7. The number of piperidine rings is 2. The largest absolute Gasteiger partial charge is 0.304 e. The summed E-state index contributed by atoms with van der Waals surface area (Å²) in [6, 6.07) is 0.822. The average Bonchev–Trinajstić information content (AvgIpc) is 2.34. The minimum Gasteiger partial charge on any atom is -0.304 e. The fraction of sp³-hybridized carbons (Fsp3) is 1.00. The molecular weight excluding hydrogens is 208 g/mol. The number of likely N-dealkylation sites (tertiary alicyclic amines) is 2. The molecule has 0 spiro atoms. The average molecular weight is 238 g/mol. The molecule has 2 heterocycles. The van der Waals surface area contributed by atoms with Crippen LogP contribution in [-0.2, 0) is 0 Å². The molecular formula is C15H30N2. The molecule has 2 unspecified atom stereocenters. The van der Waals surface area contributed by atoms with Crippen molar-refractivity contribution in [2.45, 2.75) is 52.5 Å². The third kappa shape index (κ3) is 3.69. The van der Waals surface area contributed by atoms with E-state index in [0.717, 1.165) is 17.9 Å². The molecule has 2 rings (SSSR count). The molecule has 2 saturated heterocycles. The lowest BCUT2D eigenvalue weighted by Gasteiger charge is -2.40. The van der Waals surface area contributed by atoms with E-state index in [-0.39, 0.29) is 0 Å². The molecule has 100 valence electrons. The van der Waals surface area contributed by atoms with Gasteiger partial charge in [0.1, 0.15) is 0 Å². The lowest BCUT2D eigenvalue weighted by molar-refractivity contribution is 0.0858. The minimum atomic E-state index is 0.822. The molecule has 2 heteroatoms. The fourth-order valence-electron chi connectivity index (χ4n) is 3.54. The van der Waals surface area contributed by atoms with Gasteiger partial charge in [-0.1, -0.05) is 13.8 Å². The zero-order valence-electron chi connectivity index (χ0n) is 12.0. The molecule has 0 saturated carbocycles. The predicted octanol–water partition coefficient (Wildman–Crippen LogP) is 2.84. The molecule has 0 aliphatic carbocycles. The Labute approximate surface area is 107 Å². The lowest BCUT2D eigenvalue weighted by atomic mass is 9.90. The molecule has 2 aliphatic rings. The summed E-state index contributed by atoms with van der Waals surface area (Å²) in [7, 11) is 0. The van der Waals surface area contributed by atoms with Crippen molar-refractivity contribution in [2.75, 3.05) is 32.7 Å². The third-order valence-electron chi connectivity index (χ3n) is 4.92. The molecule has 0 aromatic carbocycles. The molecule has 0 N–H and O–H groups in total. The van der Waals surface area contributed by atoms with Gasteiger partial charge in [-0.2, -0.15) is 0 Å². The van der Waals surface area contributed by atoms with Crippen LogP contribution in [-0.4, -0.2) is 48.6 Å². The van der Waals surface area contributed by atoms with Gasteiger partial charge in [0.25, 0.3) is 0 Å². The second kappa shape index (κ2) is 6.19. The Balaban J connectivity index is 1.74. The Morgan fingerprint density at radius 1 is 1.00 bits per heavy atom. The van der Waals surface area contributed by atoms with E-state index in [1.165, 1.54) is 58.4 Å². The molecule has 17 heavy (non-hydrogen) atoms. The first-order valence-electron chi connectivity index (χ1n) is 7.65. The SMILES string of the molecule is CCN1CCC(CN2CCC(C)CC2C)CC1. The molecule has 0 bridgehead atoms. The second-order valence-corrected chi connectivity index (χ2v) is 6.35. The van der Waals surface area contributed by atoms with Gasteiger partial charge in [0.2, 0.25) is 0 Å². The number of hydrogen-bond acceptors (Lipinski definition) is 2. The van der Waals surface area contributed by atoms with Gasteiger partial charge in [0.15, 0.2) is 0 Å². The van der Waals surface area contributed by atoms with Crippen molar-refractivity contribution >= 4 is 0 Å². The van der Waals surface area contributed by atoms with E-state index >= 15 is 0 Å². The molecule has 0 radical (unpaired) electrons. The highest BCUT2D eigenvalue weighted by Gasteiger charge is 2.26. The zero-order chi connectivity index (χ0) is 12.3. The van der Waals surface area contributed by atoms with Crippen molar-refractivity contribution in [1.82, 2.24) is 9.80 Å². The van der Waals surface area contributed by atoms with E-state index in [9.17, 15) is 0 Å². The van der Waals surface area contributed by atoms with Crippen LogP contribution >= 0.6 is 0 Å². The Kier molecular flexibility index (Phi) is 4.87. The van der Waals surface area contributed by atoms with Crippen molar-refractivity contribution < 1.29 is 0 Å². The van der Waals surface area contributed by atoms with Crippen molar-refractivity contribution in [2.24, 2.45) is 11.8 Å². The summed E-state index contributed by atoms with van der Waals surface area (Å²) in [6.07, 6.45) is 5.67. The highest BCUT2D eigenvalue weighted by Crippen LogP contribution is 2.25. The van der Waals surface area contributed by atoms with Crippen LogP contribution in [0.3, 0.4) is 0 Å². The molecule has 0 aromatic rings. The van der Waals surface area contributed by atoms with Crippen LogP contribution in [0.2, 0.25) is 0 Å². The van der Waals surface area contributed by atoms with Crippen molar-refractivity contribution in [3.05, 3.63) is 0 Å². The minimum absolute atomic E-state index is 0.822. The van der Waals surface area contributed by atoms with Gasteiger partial charge in [-0.3, -0.25) is 0 Å². The molecule has 2 fully saturated rings. The van der Waals surface area contributed by atoms with E-state index in [1.807, 2.05) is 0 Å².